The molecule has 0 aliphatic heterocycles. The van der Waals surface area contributed by atoms with Gasteiger partial charge in [0.1, 0.15) is 0 Å². The largest absolute Gasteiger partial charge is 0.449 e. The molecule has 0 aromatic heterocycles. The van der Waals surface area contributed by atoms with Crippen molar-refractivity contribution in [3.05, 3.63) is 30.3 Å². The molecule has 1 aromatic carbocycles. The second kappa shape index (κ2) is 7.46. The lowest BCUT2D eigenvalue weighted by atomic mass is 9.45. The summed E-state index contributed by atoms with van der Waals surface area (Å²) in [6.45, 7) is 9.44. The van der Waals surface area contributed by atoms with Crippen LogP contribution in [0.5, 0.6) is 0 Å². The minimum Gasteiger partial charge on any atom is -0.449 e. The highest BCUT2D eigenvalue weighted by atomic mass is 16.5. The summed E-state index contributed by atoms with van der Waals surface area (Å²) in [5, 5.41) is 13.9. The molecule has 4 atom stereocenters. The number of carbonyl (C=O) groups excluding carboxylic acids is 1. The lowest BCUT2D eigenvalue weighted by Crippen LogP contribution is -2.57. The first-order valence-corrected chi connectivity index (χ1v) is 10.4. The van der Waals surface area contributed by atoms with Gasteiger partial charge in [0.15, 0.2) is 0 Å². The summed E-state index contributed by atoms with van der Waals surface area (Å²) in [6.07, 6.45) is 5.82. The number of para-hydroxylation sites is 1. The molecule has 27 heavy (non-hydrogen) atoms. The number of amides is 1. The summed E-state index contributed by atoms with van der Waals surface area (Å²) in [5.41, 5.74) is 0.446. The quantitative estimate of drug-likeness (QED) is 0.720. The summed E-state index contributed by atoms with van der Waals surface area (Å²) >= 11 is 0. The van der Waals surface area contributed by atoms with E-state index in [1.807, 2.05) is 37.3 Å². The summed E-state index contributed by atoms with van der Waals surface area (Å²) in [4.78, 5) is 12.1. The molecule has 4 nitrogen and oxygen atoms in total. The molecule has 0 unspecified atom stereocenters. The number of nitrogens with one attached hydrogen (secondary N) is 1. The Morgan fingerprint density at radius 2 is 1.85 bits per heavy atom. The molecule has 2 aliphatic rings. The Bertz CT molecular complexity index is 655. The zero-order valence-electron chi connectivity index (χ0n) is 17.3. The Hall–Kier alpha value is -1.55. The van der Waals surface area contributed by atoms with Crippen molar-refractivity contribution in [2.45, 2.75) is 71.8 Å². The van der Waals surface area contributed by atoms with Crippen LogP contribution in [0.25, 0.3) is 0 Å². The van der Waals surface area contributed by atoms with Gasteiger partial charge in [-0.15, -0.1) is 0 Å². The van der Waals surface area contributed by atoms with Gasteiger partial charge in [0, 0.05) is 5.69 Å². The van der Waals surface area contributed by atoms with E-state index in [4.69, 9.17) is 4.74 Å². The zero-order chi connectivity index (χ0) is 19.7. The first kappa shape index (κ1) is 20.2. The molecule has 2 saturated carbocycles. The van der Waals surface area contributed by atoms with Crippen molar-refractivity contribution in [2.24, 2.45) is 22.7 Å². The first-order chi connectivity index (χ1) is 12.7. The van der Waals surface area contributed by atoms with Crippen LogP contribution in [0.15, 0.2) is 30.3 Å². The molecule has 0 radical (unpaired) electrons. The third-order valence-electron chi connectivity index (χ3n) is 7.42. The van der Waals surface area contributed by atoms with E-state index >= 15 is 0 Å². The number of ether oxygens (including phenoxy) is 1. The lowest BCUT2D eigenvalue weighted by molar-refractivity contribution is -0.171. The van der Waals surface area contributed by atoms with Crippen LogP contribution < -0.4 is 5.32 Å². The van der Waals surface area contributed by atoms with E-state index in [9.17, 15) is 9.90 Å². The van der Waals surface area contributed by atoms with Gasteiger partial charge in [0.05, 0.1) is 12.2 Å². The summed E-state index contributed by atoms with van der Waals surface area (Å²) < 4.78 is 5.46. The number of rotatable bonds is 4. The topological polar surface area (TPSA) is 58.6 Å². The number of hydrogen-bond donors (Lipinski definition) is 2. The summed E-state index contributed by atoms with van der Waals surface area (Å²) in [6, 6.07) is 9.33. The number of fused-ring (bicyclic) bond motifs is 1. The lowest BCUT2D eigenvalue weighted by Gasteiger charge is -2.61. The number of benzene rings is 1. The van der Waals surface area contributed by atoms with Crippen LogP contribution in [0.2, 0.25) is 0 Å². The highest BCUT2D eigenvalue weighted by molar-refractivity contribution is 5.84. The third kappa shape index (κ3) is 4.16. The average Bonchev–Trinajstić information content (AvgIpc) is 2.57. The molecular weight excluding hydrogens is 338 g/mol. The van der Waals surface area contributed by atoms with E-state index in [2.05, 4.69) is 26.1 Å². The molecule has 2 fully saturated rings. The van der Waals surface area contributed by atoms with Gasteiger partial charge in [-0.1, -0.05) is 45.4 Å². The second-order valence-corrected chi connectivity index (χ2v) is 9.76. The maximum Gasteiger partial charge on any atom is 0.411 e. The number of carbonyl (C=O) groups is 1. The molecule has 150 valence electrons. The zero-order valence-corrected chi connectivity index (χ0v) is 17.3. The Morgan fingerprint density at radius 3 is 2.56 bits per heavy atom. The Balaban J connectivity index is 1.64. The van der Waals surface area contributed by atoms with Gasteiger partial charge in [-0.05, 0) is 73.8 Å². The van der Waals surface area contributed by atoms with Crippen LogP contribution >= 0.6 is 0 Å². The van der Waals surface area contributed by atoms with Gasteiger partial charge < -0.3 is 9.84 Å². The van der Waals surface area contributed by atoms with Gasteiger partial charge >= 0.3 is 6.09 Å². The molecule has 2 aliphatic carbocycles. The van der Waals surface area contributed by atoms with Crippen LogP contribution in [0.3, 0.4) is 0 Å². The van der Waals surface area contributed by atoms with E-state index in [1.54, 1.807) is 0 Å². The van der Waals surface area contributed by atoms with Crippen molar-refractivity contribution in [2.75, 3.05) is 11.9 Å². The van der Waals surface area contributed by atoms with E-state index in [1.165, 1.54) is 12.8 Å². The van der Waals surface area contributed by atoms with Gasteiger partial charge in [-0.25, -0.2) is 4.79 Å². The fourth-order valence-electron chi connectivity index (χ4n) is 6.21. The maximum absolute atomic E-state index is 12.1. The first-order valence-electron chi connectivity index (χ1n) is 10.4. The molecule has 2 N–H and O–H groups in total. The minimum absolute atomic E-state index is 0.1000. The highest BCUT2D eigenvalue weighted by Crippen LogP contribution is 2.62. The van der Waals surface area contributed by atoms with Crippen LogP contribution in [-0.4, -0.2) is 23.4 Å². The predicted octanol–water partition coefficient (Wildman–Crippen LogP) is 5.62. The smallest absolute Gasteiger partial charge is 0.411 e. The van der Waals surface area contributed by atoms with Gasteiger partial charge in [0.25, 0.3) is 0 Å². The van der Waals surface area contributed by atoms with Crippen LogP contribution in [0.4, 0.5) is 10.5 Å². The number of anilines is 1. The SMILES string of the molecule is CC1(C)CCC[C@]2(C)[C@@H]1CC[C@@](C)(O)[C@H]2CCOC(=O)Nc1ccccc1. The van der Waals surface area contributed by atoms with Gasteiger partial charge in [-0.3, -0.25) is 5.32 Å². The fraction of sp³-hybridized carbons (Fsp3) is 0.696. The van der Waals surface area contributed by atoms with E-state index < -0.39 is 11.7 Å². The van der Waals surface area contributed by atoms with Crippen molar-refractivity contribution in [1.29, 1.82) is 0 Å². The van der Waals surface area contributed by atoms with Crippen molar-refractivity contribution < 1.29 is 14.6 Å². The fourth-order valence-corrected chi connectivity index (χ4v) is 6.21. The summed E-state index contributed by atoms with van der Waals surface area (Å²) in [7, 11) is 0. The van der Waals surface area contributed by atoms with Crippen molar-refractivity contribution in [3.63, 3.8) is 0 Å². The molecule has 0 bridgehead atoms. The summed E-state index contributed by atoms with van der Waals surface area (Å²) in [5.74, 6) is 0.759. The molecule has 0 saturated heterocycles. The predicted molar refractivity (Wildman–Crippen MR) is 109 cm³/mol. The number of aliphatic hydroxyl groups is 1. The Morgan fingerprint density at radius 1 is 1.15 bits per heavy atom. The molecule has 1 aromatic rings. The second-order valence-electron chi connectivity index (χ2n) is 9.76. The molecule has 4 heteroatoms. The maximum atomic E-state index is 12.1. The van der Waals surface area contributed by atoms with Crippen LogP contribution in [0, 0.1) is 22.7 Å². The van der Waals surface area contributed by atoms with Crippen molar-refractivity contribution >= 4 is 11.8 Å². The average molecular weight is 374 g/mol. The third-order valence-corrected chi connectivity index (χ3v) is 7.42. The molecule has 3 rings (SSSR count). The van der Waals surface area contributed by atoms with Gasteiger partial charge in [0.2, 0.25) is 0 Å². The minimum atomic E-state index is -0.696. The van der Waals surface area contributed by atoms with Gasteiger partial charge in [-0.2, -0.15) is 0 Å². The van der Waals surface area contributed by atoms with E-state index in [0.717, 1.165) is 24.9 Å². The molecule has 0 heterocycles. The molecule has 0 spiro atoms. The highest BCUT2D eigenvalue weighted by Gasteiger charge is 2.57. The Kier molecular flexibility index (Phi) is 5.58. The standard InChI is InChI=1S/C23H35NO3/c1-21(2)13-8-14-22(3)18(21)11-15-23(4,26)19(22)12-16-27-20(25)24-17-9-6-5-7-10-17/h5-7,9-10,18-19,26H,8,11-16H2,1-4H3,(H,24,25)/t18-,19+,22-,23-/m1/s1. The van der Waals surface area contributed by atoms with Crippen molar-refractivity contribution in [1.82, 2.24) is 0 Å². The monoisotopic (exact) mass is 373 g/mol. The number of hydrogen-bond acceptors (Lipinski definition) is 3. The molecule has 1 amide bonds. The van der Waals surface area contributed by atoms with E-state index in [-0.39, 0.29) is 11.3 Å². The van der Waals surface area contributed by atoms with E-state index in [0.29, 0.717) is 24.4 Å². The van der Waals surface area contributed by atoms with Crippen LogP contribution in [0.1, 0.15) is 66.2 Å². The van der Waals surface area contributed by atoms with Crippen molar-refractivity contribution in [3.8, 4) is 0 Å². The van der Waals surface area contributed by atoms with Crippen LogP contribution in [-0.2, 0) is 4.74 Å². The molecular formula is C23H35NO3. The normalized spacial score (nSPS) is 35.1. The Labute approximate surface area is 163 Å².